The number of likely N-dealkylation sites (N-methyl/N-ethyl adjacent to an activating group) is 1. The van der Waals surface area contributed by atoms with Crippen molar-refractivity contribution in [2.45, 2.75) is 24.5 Å². The SMILES string of the molecule is CNCc1cn[nH]c1S(=O)(=O)N1CCN(C)C(C)C1. The molecule has 2 heterocycles. The molecule has 2 N–H and O–H groups in total. The van der Waals surface area contributed by atoms with E-state index in [1.165, 1.54) is 4.31 Å². The summed E-state index contributed by atoms with van der Waals surface area (Å²) in [7, 11) is 0.311. The van der Waals surface area contributed by atoms with Crippen molar-refractivity contribution in [1.29, 1.82) is 0 Å². The molecule has 19 heavy (non-hydrogen) atoms. The Balaban J connectivity index is 2.25. The Kier molecular flexibility index (Phi) is 4.24. The van der Waals surface area contributed by atoms with Crippen molar-refractivity contribution in [2.24, 2.45) is 0 Å². The van der Waals surface area contributed by atoms with Crippen LogP contribution < -0.4 is 5.32 Å². The van der Waals surface area contributed by atoms with Crippen LogP contribution in [-0.4, -0.2) is 67.6 Å². The highest BCUT2D eigenvalue weighted by Crippen LogP contribution is 2.20. The van der Waals surface area contributed by atoms with Gasteiger partial charge in [0.1, 0.15) is 0 Å². The highest BCUT2D eigenvalue weighted by molar-refractivity contribution is 7.89. The van der Waals surface area contributed by atoms with Gasteiger partial charge in [0, 0.05) is 37.8 Å². The van der Waals surface area contributed by atoms with Gasteiger partial charge >= 0.3 is 0 Å². The first-order valence-corrected chi connectivity index (χ1v) is 7.78. The highest BCUT2D eigenvalue weighted by atomic mass is 32.2. The predicted molar refractivity (Wildman–Crippen MR) is 72.2 cm³/mol. The summed E-state index contributed by atoms with van der Waals surface area (Å²) in [6.45, 7) is 4.28. The molecule has 1 saturated heterocycles. The monoisotopic (exact) mass is 287 g/mol. The number of nitrogens with one attached hydrogen (secondary N) is 2. The first kappa shape index (κ1) is 14.4. The first-order chi connectivity index (χ1) is 8.96. The lowest BCUT2D eigenvalue weighted by Crippen LogP contribution is -2.52. The molecule has 2 rings (SSSR count). The topological polar surface area (TPSA) is 81.3 Å². The summed E-state index contributed by atoms with van der Waals surface area (Å²) in [5.74, 6) is 0. The molecule has 1 aliphatic rings. The molecule has 1 unspecified atom stereocenters. The van der Waals surface area contributed by atoms with Gasteiger partial charge in [-0.05, 0) is 21.0 Å². The molecule has 0 radical (unpaired) electrons. The summed E-state index contributed by atoms with van der Waals surface area (Å²) >= 11 is 0. The fourth-order valence-electron chi connectivity index (χ4n) is 2.20. The van der Waals surface area contributed by atoms with Gasteiger partial charge in [-0.15, -0.1) is 0 Å². The molecule has 1 aromatic heterocycles. The number of nitrogens with zero attached hydrogens (tertiary/aromatic N) is 3. The molecule has 1 fully saturated rings. The van der Waals surface area contributed by atoms with Crippen LogP contribution in [0.25, 0.3) is 0 Å². The molecule has 1 aliphatic heterocycles. The van der Waals surface area contributed by atoms with Crippen molar-refractivity contribution >= 4 is 10.0 Å². The van der Waals surface area contributed by atoms with E-state index in [0.717, 1.165) is 6.54 Å². The molecule has 8 heteroatoms. The summed E-state index contributed by atoms with van der Waals surface area (Å²) in [6.07, 6.45) is 1.56. The van der Waals surface area contributed by atoms with Gasteiger partial charge < -0.3 is 10.2 Å². The van der Waals surface area contributed by atoms with Crippen LogP contribution in [0.15, 0.2) is 11.2 Å². The third kappa shape index (κ3) is 2.81. The maximum Gasteiger partial charge on any atom is 0.260 e. The van der Waals surface area contributed by atoms with Gasteiger partial charge in [0.2, 0.25) is 0 Å². The zero-order chi connectivity index (χ0) is 14.0. The maximum absolute atomic E-state index is 12.6. The molecule has 0 amide bonds. The molecule has 0 saturated carbocycles. The van der Waals surface area contributed by atoms with Crippen LogP contribution in [0.4, 0.5) is 0 Å². The van der Waals surface area contributed by atoms with Crippen molar-refractivity contribution in [3.8, 4) is 0 Å². The van der Waals surface area contributed by atoms with Crippen molar-refractivity contribution in [3.63, 3.8) is 0 Å². The van der Waals surface area contributed by atoms with E-state index >= 15 is 0 Å². The second kappa shape index (κ2) is 5.58. The Bertz CT molecular complexity index is 527. The summed E-state index contributed by atoms with van der Waals surface area (Å²) in [5.41, 5.74) is 0.675. The fourth-order valence-corrected chi connectivity index (χ4v) is 3.82. The lowest BCUT2D eigenvalue weighted by Gasteiger charge is -2.36. The molecule has 108 valence electrons. The van der Waals surface area contributed by atoms with Crippen LogP contribution in [-0.2, 0) is 16.6 Å². The molecule has 7 nitrogen and oxygen atoms in total. The van der Waals surface area contributed by atoms with E-state index in [0.29, 0.717) is 25.2 Å². The van der Waals surface area contributed by atoms with Gasteiger partial charge in [-0.2, -0.15) is 9.40 Å². The number of rotatable bonds is 4. The predicted octanol–water partition coefficient (Wildman–Crippen LogP) is -0.546. The van der Waals surface area contributed by atoms with Gasteiger partial charge in [0.25, 0.3) is 10.0 Å². The van der Waals surface area contributed by atoms with Crippen LogP contribution in [0.3, 0.4) is 0 Å². The number of sulfonamides is 1. The minimum Gasteiger partial charge on any atom is -0.316 e. The van der Waals surface area contributed by atoms with E-state index in [2.05, 4.69) is 20.4 Å². The van der Waals surface area contributed by atoms with Crippen molar-refractivity contribution in [1.82, 2.24) is 24.7 Å². The smallest absolute Gasteiger partial charge is 0.260 e. The lowest BCUT2D eigenvalue weighted by atomic mass is 10.2. The normalized spacial score (nSPS) is 22.8. The van der Waals surface area contributed by atoms with Gasteiger partial charge in [0.05, 0.1) is 6.20 Å². The van der Waals surface area contributed by atoms with Crippen molar-refractivity contribution < 1.29 is 8.42 Å². The quantitative estimate of drug-likeness (QED) is 0.777. The summed E-state index contributed by atoms with van der Waals surface area (Å²) < 4.78 is 26.7. The second-order valence-corrected chi connectivity index (χ2v) is 6.82. The van der Waals surface area contributed by atoms with Crippen LogP contribution in [0.1, 0.15) is 12.5 Å². The molecular formula is C11H21N5O2S. The number of hydrogen-bond acceptors (Lipinski definition) is 5. The van der Waals surface area contributed by atoms with Crippen molar-refractivity contribution in [3.05, 3.63) is 11.8 Å². The zero-order valence-electron chi connectivity index (χ0n) is 11.5. The number of aromatic nitrogens is 2. The van der Waals surface area contributed by atoms with Crippen LogP contribution >= 0.6 is 0 Å². The van der Waals surface area contributed by atoms with Gasteiger partial charge in [0.15, 0.2) is 5.03 Å². The Morgan fingerprint density at radius 1 is 1.53 bits per heavy atom. The molecule has 1 atom stereocenters. The first-order valence-electron chi connectivity index (χ1n) is 6.34. The van der Waals surface area contributed by atoms with E-state index in [4.69, 9.17) is 0 Å². The largest absolute Gasteiger partial charge is 0.316 e. The average Bonchev–Trinajstić information content (AvgIpc) is 2.82. The zero-order valence-corrected chi connectivity index (χ0v) is 12.4. The van der Waals surface area contributed by atoms with Crippen molar-refractivity contribution in [2.75, 3.05) is 33.7 Å². The van der Waals surface area contributed by atoms with E-state index in [-0.39, 0.29) is 11.1 Å². The van der Waals surface area contributed by atoms with E-state index < -0.39 is 10.0 Å². The molecule has 0 bridgehead atoms. The summed E-state index contributed by atoms with van der Waals surface area (Å²) in [6, 6.07) is 0.221. The standard InChI is InChI=1S/C11H21N5O2S/c1-9-8-16(5-4-15(9)3)19(17,18)11-10(6-12-2)7-13-14-11/h7,9,12H,4-6,8H2,1-3H3,(H,13,14). The third-order valence-corrected chi connectivity index (χ3v) is 5.45. The molecule has 0 aliphatic carbocycles. The highest BCUT2D eigenvalue weighted by Gasteiger charge is 2.33. The number of aromatic amines is 1. The van der Waals surface area contributed by atoms with Crippen LogP contribution in [0.2, 0.25) is 0 Å². The Morgan fingerprint density at radius 3 is 2.89 bits per heavy atom. The molecule has 0 spiro atoms. The summed E-state index contributed by atoms with van der Waals surface area (Å²) in [4.78, 5) is 2.16. The number of H-pyrrole nitrogens is 1. The molecule has 0 aromatic carbocycles. The molecule has 1 aromatic rings. The Hall–Kier alpha value is -0.960. The van der Waals surface area contributed by atoms with Gasteiger partial charge in [-0.1, -0.05) is 0 Å². The minimum atomic E-state index is -3.48. The maximum atomic E-state index is 12.6. The van der Waals surface area contributed by atoms with E-state index in [1.54, 1.807) is 13.2 Å². The molecular weight excluding hydrogens is 266 g/mol. The number of hydrogen-bond donors (Lipinski definition) is 2. The third-order valence-electron chi connectivity index (χ3n) is 3.57. The minimum absolute atomic E-state index is 0.207. The van der Waals surface area contributed by atoms with Crippen LogP contribution in [0.5, 0.6) is 0 Å². The second-order valence-electron chi connectivity index (χ2n) is 4.95. The number of piperazine rings is 1. The fraction of sp³-hybridized carbons (Fsp3) is 0.727. The Labute approximate surface area is 114 Å². The van der Waals surface area contributed by atoms with Crippen LogP contribution in [0, 0.1) is 0 Å². The van der Waals surface area contributed by atoms with E-state index in [1.807, 2.05) is 14.0 Å². The van der Waals surface area contributed by atoms with E-state index in [9.17, 15) is 8.42 Å². The lowest BCUT2D eigenvalue weighted by molar-refractivity contribution is 0.159. The average molecular weight is 287 g/mol. The van der Waals surface area contributed by atoms with Gasteiger partial charge in [-0.3, -0.25) is 5.10 Å². The van der Waals surface area contributed by atoms with Gasteiger partial charge in [-0.25, -0.2) is 8.42 Å². The summed E-state index contributed by atoms with van der Waals surface area (Å²) in [5, 5.41) is 9.63. The Morgan fingerprint density at radius 2 is 2.26 bits per heavy atom.